The number of nitro groups is 2. The minimum absolute atomic E-state index is 0.00564. The van der Waals surface area contributed by atoms with Gasteiger partial charge in [-0.25, -0.2) is 5.01 Å². The molecule has 0 N–H and O–H groups in total. The van der Waals surface area contributed by atoms with Gasteiger partial charge in [0.2, 0.25) is 0 Å². The Morgan fingerprint density at radius 2 is 1.58 bits per heavy atom. The molecule has 1 saturated carbocycles. The largest absolute Gasteiger partial charge is 0.292 e. The number of non-ortho nitro benzene ring substituents is 1. The summed E-state index contributed by atoms with van der Waals surface area (Å²) in [7, 11) is 0. The van der Waals surface area contributed by atoms with Crippen LogP contribution in [0.25, 0.3) is 0 Å². The Morgan fingerprint density at radius 1 is 0.944 bits per heavy atom. The Labute approximate surface area is 204 Å². The minimum atomic E-state index is -1.05. The highest BCUT2D eigenvalue weighted by Gasteiger charge is 2.53. The summed E-state index contributed by atoms with van der Waals surface area (Å²) in [5.74, 6) is -4.09. The molecule has 0 bridgehead atoms. The molecule has 1 saturated heterocycles. The van der Waals surface area contributed by atoms with Crippen molar-refractivity contribution in [2.24, 2.45) is 17.8 Å². The standard InChI is InChI=1S/C24H22N4O8/c1-14-6-11-17-19(12-14)24(32)26(23(17)31)25(22(30)18-4-2-3-5-20(18)28(35)36)13-21(29)15-7-9-16(10-8-15)27(33)34/h2-5,7-10,14,17,19H,6,11-13H2,1H3/t14-,17+,19+/m1/s1. The molecular formula is C24H22N4O8. The van der Waals surface area contributed by atoms with Crippen molar-refractivity contribution >= 4 is 34.9 Å². The van der Waals surface area contributed by atoms with Gasteiger partial charge in [-0.05, 0) is 43.4 Å². The first kappa shape index (κ1) is 24.6. The van der Waals surface area contributed by atoms with E-state index < -0.39 is 57.4 Å². The number of Topliss-reactive ketones (excluding diaryl/α,β-unsaturated/α-hetero) is 1. The summed E-state index contributed by atoms with van der Waals surface area (Å²) < 4.78 is 0. The lowest BCUT2D eigenvalue weighted by molar-refractivity contribution is -0.385. The van der Waals surface area contributed by atoms with Gasteiger partial charge in [0.1, 0.15) is 12.1 Å². The van der Waals surface area contributed by atoms with Crippen molar-refractivity contribution in [3.8, 4) is 0 Å². The van der Waals surface area contributed by atoms with Crippen LogP contribution in [-0.2, 0) is 9.59 Å². The fourth-order valence-corrected chi connectivity index (χ4v) is 4.79. The number of fused-ring (bicyclic) bond motifs is 1. The van der Waals surface area contributed by atoms with Crippen LogP contribution >= 0.6 is 0 Å². The van der Waals surface area contributed by atoms with Gasteiger partial charge in [0, 0.05) is 23.8 Å². The molecular weight excluding hydrogens is 472 g/mol. The molecule has 36 heavy (non-hydrogen) atoms. The van der Waals surface area contributed by atoms with E-state index in [2.05, 4.69) is 0 Å². The second kappa shape index (κ2) is 9.64. The number of hydrogen-bond donors (Lipinski definition) is 0. The Kier molecular flexibility index (Phi) is 6.60. The number of ketones is 1. The van der Waals surface area contributed by atoms with Crippen molar-refractivity contribution in [3.63, 3.8) is 0 Å². The molecule has 186 valence electrons. The van der Waals surface area contributed by atoms with Crippen molar-refractivity contribution in [1.82, 2.24) is 10.0 Å². The lowest BCUT2D eigenvalue weighted by Crippen LogP contribution is -2.52. The highest BCUT2D eigenvalue weighted by atomic mass is 16.6. The van der Waals surface area contributed by atoms with Gasteiger partial charge in [-0.15, -0.1) is 0 Å². The highest BCUT2D eigenvalue weighted by Crippen LogP contribution is 2.41. The monoisotopic (exact) mass is 494 g/mol. The predicted octanol–water partition coefficient (Wildman–Crippen LogP) is 3.16. The average Bonchev–Trinajstić information content (AvgIpc) is 3.10. The van der Waals surface area contributed by atoms with Gasteiger partial charge in [0.25, 0.3) is 29.1 Å². The van der Waals surface area contributed by atoms with Crippen molar-refractivity contribution in [2.75, 3.05) is 6.54 Å². The van der Waals surface area contributed by atoms with Crippen LogP contribution < -0.4 is 0 Å². The molecule has 2 fully saturated rings. The fourth-order valence-electron chi connectivity index (χ4n) is 4.79. The third-order valence-electron chi connectivity index (χ3n) is 6.66. The van der Waals surface area contributed by atoms with Crippen LogP contribution in [0, 0.1) is 38.0 Å². The fraction of sp³-hybridized carbons (Fsp3) is 0.333. The molecule has 3 atom stereocenters. The van der Waals surface area contributed by atoms with Gasteiger partial charge in [-0.3, -0.25) is 39.4 Å². The van der Waals surface area contributed by atoms with Crippen molar-refractivity contribution < 1.29 is 29.0 Å². The Morgan fingerprint density at radius 3 is 2.22 bits per heavy atom. The summed E-state index contributed by atoms with van der Waals surface area (Å²) in [6, 6.07) is 9.68. The van der Waals surface area contributed by atoms with Crippen LogP contribution in [0.5, 0.6) is 0 Å². The molecule has 2 aromatic carbocycles. The smallest absolute Gasteiger partial charge is 0.282 e. The zero-order valence-corrected chi connectivity index (χ0v) is 19.2. The SMILES string of the molecule is C[C@@H]1CC[C@@H]2C(=O)N(N(CC(=O)c3ccc([N+](=O)[O-])cc3)C(=O)c3ccccc3[N+](=O)[O-])C(=O)[C@H]2C1. The first-order chi connectivity index (χ1) is 17.1. The Hall–Kier alpha value is -4.48. The molecule has 0 spiro atoms. The first-order valence-corrected chi connectivity index (χ1v) is 11.3. The molecule has 2 aromatic rings. The third kappa shape index (κ3) is 4.44. The van der Waals surface area contributed by atoms with E-state index in [9.17, 15) is 39.4 Å². The molecule has 12 heteroatoms. The number of nitro benzene ring substituents is 2. The van der Waals surface area contributed by atoms with Crippen LogP contribution in [0.15, 0.2) is 48.5 Å². The lowest BCUT2D eigenvalue weighted by atomic mass is 9.76. The zero-order chi connectivity index (χ0) is 26.1. The molecule has 2 aliphatic rings. The van der Waals surface area contributed by atoms with Crippen molar-refractivity contribution in [2.45, 2.75) is 26.2 Å². The van der Waals surface area contributed by atoms with Crippen LogP contribution in [0.4, 0.5) is 11.4 Å². The van der Waals surface area contributed by atoms with Crippen LogP contribution in [0.3, 0.4) is 0 Å². The topological polar surface area (TPSA) is 161 Å². The molecule has 4 rings (SSSR count). The summed E-state index contributed by atoms with van der Waals surface area (Å²) in [4.78, 5) is 74.3. The second-order valence-electron chi connectivity index (χ2n) is 8.98. The normalized spacial score (nSPS) is 21.1. The number of amides is 3. The maximum atomic E-state index is 13.6. The number of hydrogen-bond acceptors (Lipinski definition) is 8. The summed E-state index contributed by atoms with van der Waals surface area (Å²) in [6.45, 7) is 1.19. The van der Waals surface area contributed by atoms with Crippen LogP contribution in [0.2, 0.25) is 0 Å². The van der Waals surface area contributed by atoms with Gasteiger partial charge in [0.15, 0.2) is 5.78 Å². The van der Waals surface area contributed by atoms with E-state index >= 15 is 0 Å². The average molecular weight is 494 g/mol. The molecule has 1 aliphatic heterocycles. The number of hydrazine groups is 1. The predicted molar refractivity (Wildman–Crippen MR) is 123 cm³/mol. The minimum Gasteiger partial charge on any atom is -0.292 e. The first-order valence-electron chi connectivity index (χ1n) is 11.3. The van der Waals surface area contributed by atoms with E-state index in [0.29, 0.717) is 22.9 Å². The molecule has 0 aromatic heterocycles. The summed E-state index contributed by atoms with van der Waals surface area (Å²) >= 11 is 0. The molecule has 0 radical (unpaired) electrons. The van der Waals surface area contributed by atoms with E-state index in [-0.39, 0.29) is 22.7 Å². The Balaban J connectivity index is 1.73. The Bertz CT molecular complexity index is 1280. The second-order valence-corrected chi connectivity index (χ2v) is 8.98. The van der Waals surface area contributed by atoms with E-state index in [1.807, 2.05) is 6.92 Å². The third-order valence-corrected chi connectivity index (χ3v) is 6.66. The number of carbonyl (C=O) groups excluding carboxylic acids is 4. The van der Waals surface area contributed by atoms with Crippen molar-refractivity contribution in [3.05, 3.63) is 79.9 Å². The quantitative estimate of drug-likeness (QED) is 0.245. The van der Waals surface area contributed by atoms with Gasteiger partial charge in [-0.2, -0.15) is 5.01 Å². The summed E-state index contributed by atoms with van der Waals surface area (Å²) in [5, 5.41) is 23.8. The number of imide groups is 1. The van der Waals surface area contributed by atoms with E-state index in [0.717, 1.165) is 24.6 Å². The number of nitrogens with zero attached hydrogens (tertiary/aromatic N) is 4. The van der Waals surface area contributed by atoms with Gasteiger partial charge in [0.05, 0.1) is 21.7 Å². The summed E-state index contributed by atoms with van der Waals surface area (Å²) in [5.41, 5.74) is -1.17. The van der Waals surface area contributed by atoms with Gasteiger partial charge < -0.3 is 0 Å². The summed E-state index contributed by atoms with van der Waals surface area (Å²) in [6.07, 6.45) is 1.64. The maximum absolute atomic E-state index is 13.6. The highest BCUT2D eigenvalue weighted by molar-refractivity contribution is 6.10. The van der Waals surface area contributed by atoms with Crippen LogP contribution in [0.1, 0.15) is 46.9 Å². The molecule has 1 aliphatic carbocycles. The number of para-hydroxylation sites is 1. The number of benzene rings is 2. The number of rotatable bonds is 7. The molecule has 12 nitrogen and oxygen atoms in total. The van der Waals surface area contributed by atoms with E-state index in [4.69, 9.17) is 0 Å². The van der Waals surface area contributed by atoms with Gasteiger partial charge >= 0.3 is 0 Å². The molecule has 1 heterocycles. The zero-order valence-electron chi connectivity index (χ0n) is 19.2. The van der Waals surface area contributed by atoms with E-state index in [1.54, 1.807) is 0 Å². The van der Waals surface area contributed by atoms with Crippen molar-refractivity contribution in [1.29, 1.82) is 0 Å². The van der Waals surface area contributed by atoms with E-state index in [1.165, 1.54) is 30.3 Å². The van der Waals surface area contributed by atoms with Crippen LogP contribution in [-0.4, -0.2) is 49.9 Å². The molecule has 3 amide bonds. The lowest BCUT2D eigenvalue weighted by Gasteiger charge is -2.30. The van der Waals surface area contributed by atoms with Gasteiger partial charge in [-0.1, -0.05) is 19.1 Å². The molecule has 0 unspecified atom stereocenters. The maximum Gasteiger partial charge on any atom is 0.282 e. The number of carbonyl (C=O) groups is 4.